The first-order valence-corrected chi connectivity index (χ1v) is 16.4. The molecule has 9 rings (SSSR count). The molecule has 5 fully saturated rings. The second-order valence-corrected chi connectivity index (χ2v) is 14.0. The third-order valence-corrected chi connectivity index (χ3v) is 10.9. The molecule has 4 aromatic rings. The van der Waals surface area contributed by atoms with Gasteiger partial charge in [-0.05, 0) is 97.2 Å². The second kappa shape index (κ2) is 10.4. The minimum atomic E-state index is -0.932. The largest absolute Gasteiger partial charge is 0.508 e. The Bertz CT molecular complexity index is 1890. The average molecular weight is 634 g/mol. The minimum absolute atomic E-state index is 0.0427. The van der Waals surface area contributed by atoms with E-state index in [4.69, 9.17) is 9.72 Å². The Balaban J connectivity index is 1.21. The van der Waals surface area contributed by atoms with Crippen molar-refractivity contribution in [2.75, 3.05) is 37.7 Å². The van der Waals surface area contributed by atoms with E-state index in [0.717, 1.165) is 45.1 Å². The van der Waals surface area contributed by atoms with Crippen LogP contribution in [0.5, 0.6) is 11.8 Å². The maximum atomic E-state index is 17.0. The second-order valence-electron chi connectivity index (χ2n) is 14.0. The number of fused-ring (bicyclic) bond motifs is 5. The number of phenols is 1. The summed E-state index contributed by atoms with van der Waals surface area (Å²) in [6, 6.07) is 7.35. The molecule has 0 spiro atoms. The van der Waals surface area contributed by atoms with Crippen LogP contribution in [0, 0.1) is 17.5 Å². The van der Waals surface area contributed by atoms with E-state index in [0.29, 0.717) is 48.2 Å². The maximum Gasteiger partial charge on any atom is 0.319 e. The molecule has 3 aromatic carbocycles. The Labute approximate surface area is 263 Å². The van der Waals surface area contributed by atoms with Crippen LogP contribution < -0.4 is 15.0 Å². The highest BCUT2D eigenvalue weighted by atomic mass is 19.1. The highest BCUT2D eigenvalue weighted by Gasteiger charge is 2.49. The van der Waals surface area contributed by atoms with Crippen LogP contribution in [-0.2, 0) is 0 Å². The van der Waals surface area contributed by atoms with Crippen LogP contribution in [-0.4, -0.2) is 76.6 Å². The normalized spacial score (nSPS) is 27.7. The lowest BCUT2D eigenvalue weighted by Crippen LogP contribution is -2.51. The van der Waals surface area contributed by atoms with Crippen molar-refractivity contribution in [3.8, 4) is 22.9 Å². The lowest BCUT2D eigenvalue weighted by atomic mass is 9.91. The number of alkyl halides is 1. The third kappa shape index (κ3) is 4.52. The van der Waals surface area contributed by atoms with Crippen LogP contribution in [0.3, 0.4) is 0 Å². The molecule has 5 aliphatic rings. The van der Waals surface area contributed by atoms with Crippen molar-refractivity contribution >= 4 is 27.5 Å². The lowest BCUT2D eigenvalue weighted by molar-refractivity contribution is 0.107. The number of anilines is 1. The van der Waals surface area contributed by atoms with E-state index in [-0.39, 0.29) is 58.4 Å². The van der Waals surface area contributed by atoms with Crippen LogP contribution in [0.1, 0.15) is 56.4 Å². The van der Waals surface area contributed by atoms with Crippen LogP contribution in [0.2, 0.25) is 0 Å². The molecule has 1 aromatic heterocycles. The van der Waals surface area contributed by atoms with Crippen LogP contribution in [0.15, 0.2) is 30.3 Å². The Morgan fingerprint density at radius 1 is 0.978 bits per heavy atom. The van der Waals surface area contributed by atoms with E-state index in [1.165, 1.54) is 30.3 Å². The number of piperazine rings is 1. The first-order chi connectivity index (χ1) is 22.3. The predicted octanol–water partition coefficient (Wildman–Crippen LogP) is 6.35. The number of hydrogen-bond acceptors (Lipinski definition) is 7. The van der Waals surface area contributed by atoms with Crippen LogP contribution in [0.25, 0.3) is 32.8 Å². The lowest BCUT2D eigenvalue weighted by Gasteiger charge is -2.34. The fraction of sp³-hybridized carbons (Fsp3) is 0.486. The van der Waals surface area contributed by atoms with Gasteiger partial charge in [0.2, 0.25) is 0 Å². The summed E-state index contributed by atoms with van der Waals surface area (Å²) in [5, 5.41) is 15.3. The molecule has 11 heteroatoms. The Morgan fingerprint density at radius 2 is 1.78 bits per heavy atom. The summed E-state index contributed by atoms with van der Waals surface area (Å²) in [6.07, 6.45) is 4.75. The summed E-state index contributed by atoms with van der Waals surface area (Å²) >= 11 is 0. The van der Waals surface area contributed by atoms with Crippen molar-refractivity contribution in [2.45, 2.75) is 74.7 Å². The molecular formula is C35H35F4N5O2. The van der Waals surface area contributed by atoms with Crippen LogP contribution in [0.4, 0.5) is 23.4 Å². The fourth-order valence-electron chi connectivity index (χ4n) is 8.75. The maximum absolute atomic E-state index is 17.0. The number of halogens is 4. The fourth-order valence-corrected chi connectivity index (χ4v) is 8.75. The van der Waals surface area contributed by atoms with E-state index >= 15 is 13.2 Å². The molecule has 2 unspecified atom stereocenters. The quantitative estimate of drug-likeness (QED) is 0.240. The van der Waals surface area contributed by atoms with E-state index in [1.54, 1.807) is 0 Å². The van der Waals surface area contributed by atoms with Crippen molar-refractivity contribution in [1.29, 1.82) is 0 Å². The third-order valence-electron chi connectivity index (χ3n) is 10.9. The molecular weight excluding hydrogens is 598 g/mol. The highest BCUT2D eigenvalue weighted by molar-refractivity contribution is 6.03. The SMILES string of the molecule is Oc1cc(-c2c(F)cc3c(N4CC5CCC(C4)N5)nc(OC[C@@]45CCCN4C[C@H](F)C5)nc3c2F)c2c(C3CC3)c(F)ccc2c1. The van der Waals surface area contributed by atoms with Gasteiger partial charge in [0.25, 0.3) is 0 Å². The summed E-state index contributed by atoms with van der Waals surface area (Å²) in [5.74, 6) is -2.04. The first kappa shape index (κ1) is 28.5. The molecule has 7 nitrogen and oxygen atoms in total. The molecule has 4 saturated heterocycles. The van der Waals surface area contributed by atoms with Crippen LogP contribution >= 0.6 is 0 Å². The van der Waals surface area contributed by atoms with Gasteiger partial charge in [0.05, 0.1) is 11.1 Å². The van der Waals surface area contributed by atoms with E-state index < -0.39 is 29.2 Å². The summed E-state index contributed by atoms with van der Waals surface area (Å²) in [5.41, 5.74) is -0.454. The molecule has 2 N–H and O–H groups in total. The van der Waals surface area contributed by atoms with Crippen molar-refractivity contribution in [3.63, 3.8) is 0 Å². The number of ether oxygens (including phenoxy) is 1. The Kier molecular flexibility index (Phi) is 6.45. The molecule has 46 heavy (non-hydrogen) atoms. The summed E-state index contributed by atoms with van der Waals surface area (Å²) in [7, 11) is 0. The number of aromatic hydroxyl groups is 1. The van der Waals surface area contributed by atoms with Crippen molar-refractivity contribution in [3.05, 3.63) is 53.3 Å². The standard InChI is InChI=1S/C35H35F4N5O2/c36-20-13-35(8-1-9-44(35)14-20)17-46-34-41-32-25(33(42-34)43-15-21-5-6-22(16-43)40-21)12-27(38)30(31(32)39)24-11-23(45)10-19-4-7-26(37)29(28(19)24)18-2-3-18/h4,7,10-12,18,20-22,40,45H,1-3,5-6,8-9,13-17H2/t20-,21?,22?,35+/m1/s1. The molecule has 4 aliphatic heterocycles. The minimum Gasteiger partial charge on any atom is -0.508 e. The van der Waals surface area contributed by atoms with Gasteiger partial charge in [-0.2, -0.15) is 9.97 Å². The molecule has 4 atom stereocenters. The number of hydrogen-bond donors (Lipinski definition) is 2. The van der Waals surface area contributed by atoms with Gasteiger partial charge in [0.1, 0.15) is 41.5 Å². The van der Waals surface area contributed by atoms with Gasteiger partial charge < -0.3 is 20.1 Å². The van der Waals surface area contributed by atoms with E-state index in [1.807, 2.05) is 4.90 Å². The van der Waals surface area contributed by atoms with E-state index in [9.17, 15) is 9.50 Å². The van der Waals surface area contributed by atoms with Gasteiger partial charge in [-0.25, -0.2) is 17.6 Å². The van der Waals surface area contributed by atoms with Gasteiger partial charge in [0, 0.05) is 43.5 Å². The van der Waals surface area contributed by atoms with Gasteiger partial charge in [-0.3, -0.25) is 4.90 Å². The number of phenolic OH excluding ortho intramolecular Hbond substituents is 1. The number of benzene rings is 3. The summed E-state index contributed by atoms with van der Waals surface area (Å²) in [4.78, 5) is 13.5. The topological polar surface area (TPSA) is 73.8 Å². The van der Waals surface area contributed by atoms with Gasteiger partial charge >= 0.3 is 6.01 Å². The molecule has 0 radical (unpaired) electrons. The summed E-state index contributed by atoms with van der Waals surface area (Å²) in [6.45, 7) is 2.58. The molecule has 1 saturated carbocycles. The summed E-state index contributed by atoms with van der Waals surface area (Å²) < 4.78 is 69.3. The molecule has 1 aliphatic carbocycles. The molecule has 0 amide bonds. The molecule has 5 heterocycles. The zero-order valence-electron chi connectivity index (χ0n) is 25.3. The average Bonchev–Trinajstić information content (AvgIpc) is 3.60. The number of nitrogens with one attached hydrogen (secondary N) is 1. The van der Waals surface area contributed by atoms with Gasteiger partial charge in [-0.1, -0.05) is 6.07 Å². The monoisotopic (exact) mass is 633 g/mol. The van der Waals surface area contributed by atoms with Gasteiger partial charge in [-0.15, -0.1) is 0 Å². The van der Waals surface area contributed by atoms with Crippen molar-refractivity contribution in [2.24, 2.45) is 0 Å². The smallest absolute Gasteiger partial charge is 0.319 e. The zero-order chi connectivity index (χ0) is 31.3. The number of aromatic nitrogens is 2. The van der Waals surface area contributed by atoms with Crippen molar-refractivity contribution in [1.82, 2.24) is 20.2 Å². The Morgan fingerprint density at radius 3 is 2.57 bits per heavy atom. The Hall–Kier alpha value is -3.70. The van der Waals surface area contributed by atoms with Gasteiger partial charge in [0.15, 0.2) is 5.82 Å². The molecule has 2 bridgehead atoms. The van der Waals surface area contributed by atoms with E-state index in [2.05, 4.69) is 15.2 Å². The van der Waals surface area contributed by atoms with Crippen molar-refractivity contribution < 1.29 is 27.4 Å². The molecule has 240 valence electrons. The first-order valence-electron chi connectivity index (χ1n) is 16.4. The number of rotatable bonds is 6. The highest BCUT2D eigenvalue weighted by Crippen LogP contribution is 2.49. The zero-order valence-corrected chi connectivity index (χ0v) is 25.3. The number of nitrogens with zero attached hydrogens (tertiary/aromatic N) is 4. The predicted molar refractivity (Wildman–Crippen MR) is 167 cm³/mol.